The van der Waals surface area contributed by atoms with Crippen molar-refractivity contribution >= 4 is 34.2 Å². The normalized spacial score (nSPS) is 6.50. The number of carbonyl (C=O) groups is 1. The fraction of sp³-hybridized carbons (Fsp3) is 0.667. The van der Waals surface area contributed by atoms with E-state index in [4.69, 9.17) is 27.9 Å². The van der Waals surface area contributed by atoms with E-state index in [-0.39, 0.29) is 0 Å². The minimum absolute atomic E-state index is 0.639. The molecule has 1 nitrogen and oxygen atoms in total. The van der Waals surface area contributed by atoms with Crippen molar-refractivity contribution in [2.45, 2.75) is 13.3 Å². The fourth-order valence-electron chi connectivity index (χ4n) is 0. The summed E-state index contributed by atoms with van der Waals surface area (Å²) >= 11 is -1.92. The molecule has 8 heavy (non-hydrogen) atoms. The molecule has 0 fully saturated rings. The van der Waals surface area contributed by atoms with Gasteiger partial charge in [-0.25, -0.2) is 0 Å². The van der Waals surface area contributed by atoms with Gasteiger partial charge in [0.1, 0.15) is 6.29 Å². The molecule has 0 aliphatic rings. The minimum atomic E-state index is -1.92. The standard InChI is InChI=1S/C3H6O.3ClH.Ti/c1-2-3-4;;;;/h3H,2H2,1H3;3*1H;/q;;;;+3/p-3. The zero-order valence-electron chi connectivity index (χ0n) is 4.33. The summed E-state index contributed by atoms with van der Waals surface area (Å²) < 4.78 is 0. The molecule has 0 spiro atoms. The third kappa shape index (κ3) is 55.8. The van der Waals surface area contributed by atoms with Gasteiger partial charge in [-0.3, -0.25) is 0 Å². The van der Waals surface area contributed by atoms with Crippen molar-refractivity contribution in [2.24, 2.45) is 0 Å². The van der Waals surface area contributed by atoms with Gasteiger partial charge in [0.05, 0.1) is 0 Å². The van der Waals surface area contributed by atoms with Crippen LogP contribution >= 0.6 is 27.9 Å². The molecule has 5 heteroatoms. The van der Waals surface area contributed by atoms with Crippen LogP contribution < -0.4 is 0 Å². The molecule has 0 atom stereocenters. The number of aldehydes is 1. The van der Waals surface area contributed by atoms with Crippen molar-refractivity contribution < 1.29 is 19.5 Å². The predicted molar refractivity (Wildman–Crippen MR) is 33.9 cm³/mol. The molecule has 0 rings (SSSR count). The number of hydrogen-bond donors (Lipinski definition) is 0. The molecule has 0 saturated carbocycles. The van der Waals surface area contributed by atoms with Gasteiger partial charge in [0, 0.05) is 6.42 Å². The second-order valence-corrected chi connectivity index (χ2v) is 8.53. The average Bonchev–Trinajstić information content (AvgIpc) is 1.65. The second kappa shape index (κ2) is 11.1. The van der Waals surface area contributed by atoms with Crippen LogP contribution in [0.4, 0.5) is 0 Å². The van der Waals surface area contributed by atoms with E-state index in [0.29, 0.717) is 6.42 Å². The number of halogens is 3. The summed E-state index contributed by atoms with van der Waals surface area (Å²) in [6.07, 6.45) is 1.51. The molecular weight excluding hydrogens is 206 g/mol. The van der Waals surface area contributed by atoms with E-state index in [0.717, 1.165) is 6.29 Å². The van der Waals surface area contributed by atoms with Gasteiger partial charge in [-0.05, 0) is 0 Å². The summed E-state index contributed by atoms with van der Waals surface area (Å²) in [7, 11) is 14.9. The summed E-state index contributed by atoms with van der Waals surface area (Å²) in [5, 5.41) is 0. The third-order valence-corrected chi connectivity index (χ3v) is 0.167. The van der Waals surface area contributed by atoms with E-state index >= 15 is 0 Å². The summed E-state index contributed by atoms with van der Waals surface area (Å²) in [5.41, 5.74) is 0. The summed E-state index contributed by atoms with van der Waals surface area (Å²) in [5.74, 6) is 0. The van der Waals surface area contributed by atoms with Crippen molar-refractivity contribution in [2.75, 3.05) is 0 Å². The maximum atomic E-state index is 9.17. The average molecular weight is 212 g/mol. The van der Waals surface area contributed by atoms with Crippen LogP contribution in [0.1, 0.15) is 13.3 Å². The summed E-state index contributed by atoms with van der Waals surface area (Å²) in [4.78, 5) is 9.17. The molecule has 0 aromatic carbocycles. The molecule has 0 unspecified atom stereocenters. The number of rotatable bonds is 1. The molecule has 0 aromatic heterocycles. The van der Waals surface area contributed by atoms with Gasteiger partial charge in [-0.1, -0.05) is 6.92 Å². The van der Waals surface area contributed by atoms with E-state index in [1.807, 2.05) is 6.92 Å². The van der Waals surface area contributed by atoms with Gasteiger partial charge in [-0.2, -0.15) is 0 Å². The fourth-order valence-corrected chi connectivity index (χ4v) is 0. The number of carbonyl (C=O) groups excluding carboxylic acids is 1. The van der Waals surface area contributed by atoms with Crippen LogP contribution in [0.15, 0.2) is 0 Å². The van der Waals surface area contributed by atoms with Gasteiger partial charge >= 0.3 is 42.6 Å². The predicted octanol–water partition coefficient (Wildman–Crippen LogP) is 2.66. The molecule has 0 radical (unpaired) electrons. The molecule has 0 bridgehead atoms. The van der Waals surface area contributed by atoms with Crippen LogP contribution in [-0.2, 0) is 19.5 Å². The van der Waals surface area contributed by atoms with Crippen LogP contribution in [-0.4, -0.2) is 6.29 Å². The Hall–Kier alpha value is 1.25. The van der Waals surface area contributed by atoms with E-state index < -0.39 is 14.7 Å². The first-order valence-corrected chi connectivity index (χ1v) is 8.36. The molecule has 0 aromatic rings. The first-order chi connectivity index (χ1) is 3.65. The van der Waals surface area contributed by atoms with Gasteiger partial charge in [-0.15, -0.1) is 0 Å². The quantitative estimate of drug-likeness (QED) is 0.482. The summed E-state index contributed by atoms with van der Waals surface area (Å²) in [6.45, 7) is 1.81. The molecule has 0 saturated heterocycles. The molecule has 0 aliphatic carbocycles. The van der Waals surface area contributed by atoms with Crippen LogP contribution in [0.5, 0.6) is 0 Å². The van der Waals surface area contributed by atoms with Gasteiger partial charge in [0.15, 0.2) is 0 Å². The van der Waals surface area contributed by atoms with Crippen molar-refractivity contribution in [3.8, 4) is 0 Å². The van der Waals surface area contributed by atoms with Crippen LogP contribution in [0, 0.1) is 0 Å². The van der Waals surface area contributed by atoms with Gasteiger partial charge in [0.2, 0.25) is 0 Å². The maximum absolute atomic E-state index is 9.17. The van der Waals surface area contributed by atoms with Gasteiger partial charge < -0.3 is 4.79 Å². The Morgan fingerprint density at radius 1 is 1.50 bits per heavy atom. The molecular formula is C3H6Cl3OTi. The van der Waals surface area contributed by atoms with Gasteiger partial charge in [0.25, 0.3) is 0 Å². The SMILES string of the molecule is CCC=O.[Cl][Ti]([Cl])[Cl]. The van der Waals surface area contributed by atoms with Crippen LogP contribution in [0.25, 0.3) is 0 Å². The zero-order chi connectivity index (χ0) is 6.99. The molecule has 0 heterocycles. The van der Waals surface area contributed by atoms with Crippen molar-refractivity contribution in [1.29, 1.82) is 0 Å². The van der Waals surface area contributed by atoms with E-state index in [1.165, 1.54) is 0 Å². The molecule has 0 amide bonds. The Balaban J connectivity index is 0. The first kappa shape index (κ1) is 12.0. The Kier molecular flexibility index (Phi) is 16.6. The number of hydrogen-bond acceptors (Lipinski definition) is 1. The second-order valence-electron chi connectivity index (χ2n) is 0.789. The van der Waals surface area contributed by atoms with Crippen molar-refractivity contribution in [3.05, 3.63) is 0 Å². The zero-order valence-corrected chi connectivity index (χ0v) is 8.16. The summed E-state index contributed by atoms with van der Waals surface area (Å²) in [6, 6.07) is 0. The third-order valence-electron chi connectivity index (χ3n) is 0.167. The Morgan fingerprint density at radius 3 is 1.62 bits per heavy atom. The molecule has 49 valence electrons. The van der Waals surface area contributed by atoms with Crippen LogP contribution in [0.3, 0.4) is 0 Å². The van der Waals surface area contributed by atoms with Crippen molar-refractivity contribution in [3.63, 3.8) is 0 Å². The molecule has 0 aliphatic heterocycles. The first-order valence-electron chi connectivity index (χ1n) is 1.92. The van der Waals surface area contributed by atoms with E-state index in [1.54, 1.807) is 0 Å². The van der Waals surface area contributed by atoms with Crippen LogP contribution in [0.2, 0.25) is 0 Å². The topological polar surface area (TPSA) is 17.1 Å². The Bertz CT molecular complexity index is 47.0. The Labute approximate surface area is 66.8 Å². The van der Waals surface area contributed by atoms with E-state index in [2.05, 4.69) is 0 Å². The Morgan fingerprint density at radius 2 is 1.62 bits per heavy atom. The van der Waals surface area contributed by atoms with E-state index in [9.17, 15) is 4.79 Å². The monoisotopic (exact) mass is 211 g/mol. The van der Waals surface area contributed by atoms with Crippen molar-refractivity contribution in [1.82, 2.24) is 0 Å². The molecule has 0 N–H and O–H groups in total.